The first-order chi connectivity index (χ1) is 9.86. The quantitative estimate of drug-likeness (QED) is 0.881. The van der Waals surface area contributed by atoms with Gasteiger partial charge in [-0.2, -0.15) is 0 Å². The van der Waals surface area contributed by atoms with E-state index in [2.05, 4.69) is 42.6 Å². The van der Waals surface area contributed by atoms with Crippen molar-refractivity contribution in [2.24, 2.45) is 0 Å². The van der Waals surface area contributed by atoms with E-state index in [9.17, 15) is 0 Å². The molecule has 0 fully saturated rings. The van der Waals surface area contributed by atoms with Gasteiger partial charge in [0.2, 0.25) is 0 Å². The number of hydrogen-bond donors (Lipinski definition) is 1. The fourth-order valence-electron chi connectivity index (χ4n) is 2.75. The minimum absolute atomic E-state index is 0.845. The topological polar surface area (TPSA) is 21.3 Å². The van der Waals surface area contributed by atoms with Crippen molar-refractivity contribution in [3.63, 3.8) is 0 Å². The number of ether oxygens (including phenoxy) is 1. The predicted octanol–water partition coefficient (Wildman–Crippen LogP) is 4.08. The van der Waals surface area contributed by atoms with Crippen LogP contribution in [0, 0.1) is 0 Å². The van der Waals surface area contributed by atoms with Crippen molar-refractivity contribution in [1.29, 1.82) is 0 Å². The van der Waals surface area contributed by atoms with E-state index < -0.39 is 0 Å². The van der Waals surface area contributed by atoms with Crippen LogP contribution >= 0.6 is 0 Å². The van der Waals surface area contributed by atoms with Crippen LogP contribution in [0.25, 0.3) is 0 Å². The highest BCUT2D eigenvalue weighted by atomic mass is 16.5. The Hall–Kier alpha value is -1.80. The number of hydrogen-bond acceptors (Lipinski definition) is 2. The van der Waals surface area contributed by atoms with Gasteiger partial charge in [-0.1, -0.05) is 31.2 Å². The van der Waals surface area contributed by atoms with Gasteiger partial charge < -0.3 is 10.1 Å². The minimum atomic E-state index is 0.845. The summed E-state index contributed by atoms with van der Waals surface area (Å²) >= 11 is 0. The first-order valence-corrected chi connectivity index (χ1v) is 7.45. The van der Waals surface area contributed by atoms with Gasteiger partial charge in [0.05, 0.1) is 0 Å². The zero-order valence-electron chi connectivity index (χ0n) is 12.0. The summed E-state index contributed by atoms with van der Waals surface area (Å²) in [7, 11) is 0. The Balaban J connectivity index is 1.80. The molecule has 2 aromatic rings. The average Bonchev–Trinajstić information content (AvgIpc) is 2.94. The third kappa shape index (κ3) is 2.86. The molecule has 20 heavy (non-hydrogen) atoms. The highest BCUT2D eigenvalue weighted by Crippen LogP contribution is 2.30. The summed E-state index contributed by atoms with van der Waals surface area (Å²) in [5, 5.41) is 3.35. The molecule has 1 aliphatic rings. The van der Waals surface area contributed by atoms with Crippen LogP contribution in [-0.2, 0) is 19.4 Å². The maximum absolute atomic E-state index is 6.09. The molecule has 0 amide bonds. The van der Waals surface area contributed by atoms with Crippen molar-refractivity contribution < 1.29 is 4.74 Å². The zero-order chi connectivity index (χ0) is 13.8. The first-order valence-electron chi connectivity index (χ1n) is 7.45. The Morgan fingerprint density at radius 2 is 1.90 bits per heavy atom. The van der Waals surface area contributed by atoms with Gasteiger partial charge in [0.1, 0.15) is 11.5 Å². The van der Waals surface area contributed by atoms with Gasteiger partial charge in [-0.15, -0.1) is 0 Å². The maximum atomic E-state index is 6.09. The van der Waals surface area contributed by atoms with Gasteiger partial charge >= 0.3 is 0 Å². The molecule has 0 atom stereocenters. The number of para-hydroxylation sites is 1. The molecule has 0 aliphatic heterocycles. The van der Waals surface area contributed by atoms with E-state index >= 15 is 0 Å². The number of aryl methyl sites for hydroxylation is 2. The monoisotopic (exact) mass is 267 g/mol. The first kappa shape index (κ1) is 13.2. The Bertz CT molecular complexity index is 592. The van der Waals surface area contributed by atoms with Crippen molar-refractivity contribution in [1.82, 2.24) is 5.32 Å². The fourth-order valence-corrected chi connectivity index (χ4v) is 2.75. The second kappa shape index (κ2) is 6.10. The third-order valence-electron chi connectivity index (χ3n) is 3.84. The summed E-state index contributed by atoms with van der Waals surface area (Å²) in [6.07, 6.45) is 3.67. The fraction of sp³-hybridized carbons (Fsp3) is 0.333. The second-order valence-electron chi connectivity index (χ2n) is 5.27. The molecule has 0 aromatic heterocycles. The van der Waals surface area contributed by atoms with Crippen LogP contribution in [-0.4, -0.2) is 6.54 Å². The molecular formula is C18H21NO. The zero-order valence-corrected chi connectivity index (χ0v) is 12.0. The van der Waals surface area contributed by atoms with Gasteiger partial charge in [0.25, 0.3) is 0 Å². The molecular weight excluding hydrogens is 246 g/mol. The summed E-state index contributed by atoms with van der Waals surface area (Å²) in [4.78, 5) is 0. The van der Waals surface area contributed by atoms with E-state index in [0.717, 1.165) is 24.6 Å². The van der Waals surface area contributed by atoms with E-state index in [1.807, 2.05) is 12.1 Å². The molecule has 1 aliphatic carbocycles. The number of rotatable bonds is 5. The lowest BCUT2D eigenvalue weighted by atomic mass is 10.1. The second-order valence-corrected chi connectivity index (χ2v) is 5.27. The summed E-state index contributed by atoms with van der Waals surface area (Å²) in [6.45, 7) is 3.93. The van der Waals surface area contributed by atoms with Crippen LogP contribution in [0.15, 0.2) is 42.5 Å². The van der Waals surface area contributed by atoms with Crippen molar-refractivity contribution in [2.45, 2.75) is 32.7 Å². The van der Waals surface area contributed by atoms with E-state index in [4.69, 9.17) is 4.74 Å². The third-order valence-corrected chi connectivity index (χ3v) is 3.84. The molecule has 2 aromatic carbocycles. The van der Waals surface area contributed by atoms with Crippen LogP contribution in [0.5, 0.6) is 11.5 Å². The molecule has 1 N–H and O–H groups in total. The van der Waals surface area contributed by atoms with Crippen molar-refractivity contribution in [3.8, 4) is 11.5 Å². The van der Waals surface area contributed by atoms with Gasteiger partial charge in [-0.25, -0.2) is 0 Å². The van der Waals surface area contributed by atoms with Crippen LogP contribution in [0.3, 0.4) is 0 Å². The molecule has 0 bridgehead atoms. The molecule has 0 unspecified atom stereocenters. The van der Waals surface area contributed by atoms with Crippen LogP contribution in [0.4, 0.5) is 0 Å². The molecule has 2 nitrogen and oxygen atoms in total. The molecule has 0 saturated carbocycles. The van der Waals surface area contributed by atoms with Crippen molar-refractivity contribution in [2.75, 3.05) is 6.54 Å². The van der Waals surface area contributed by atoms with Crippen LogP contribution in [0.2, 0.25) is 0 Å². The minimum Gasteiger partial charge on any atom is -0.457 e. The average molecular weight is 267 g/mol. The summed E-state index contributed by atoms with van der Waals surface area (Å²) < 4.78 is 6.09. The van der Waals surface area contributed by atoms with Gasteiger partial charge in [0, 0.05) is 12.1 Å². The number of benzene rings is 2. The highest BCUT2D eigenvalue weighted by molar-refractivity contribution is 5.42. The Morgan fingerprint density at radius 1 is 1.05 bits per heavy atom. The predicted molar refractivity (Wildman–Crippen MR) is 82.4 cm³/mol. The van der Waals surface area contributed by atoms with Crippen molar-refractivity contribution >= 4 is 0 Å². The molecule has 2 heteroatoms. The number of fused-ring (bicyclic) bond motifs is 1. The molecule has 0 radical (unpaired) electrons. The highest BCUT2D eigenvalue weighted by Gasteiger charge is 2.12. The van der Waals surface area contributed by atoms with E-state index in [1.165, 1.54) is 36.0 Å². The van der Waals surface area contributed by atoms with Gasteiger partial charge in [0.15, 0.2) is 0 Å². The molecule has 0 saturated heterocycles. The Morgan fingerprint density at radius 3 is 2.80 bits per heavy atom. The lowest BCUT2D eigenvalue weighted by Gasteiger charge is -2.12. The standard InChI is InChI=1S/C18H21NO/c1-2-19-13-16-6-3-4-9-18(16)20-17-11-10-14-7-5-8-15(14)12-17/h3-4,6,9-12,19H,2,5,7-8,13H2,1H3. The molecule has 104 valence electrons. The largest absolute Gasteiger partial charge is 0.457 e. The van der Waals surface area contributed by atoms with Crippen LogP contribution in [0.1, 0.15) is 30.0 Å². The van der Waals surface area contributed by atoms with Gasteiger partial charge in [-0.05, 0) is 55.1 Å². The normalized spacial score (nSPS) is 13.2. The summed E-state index contributed by atoms with van der Waals surface area (Å²) in [5.41, 5.74) is 4.14. The van der Waals surface area contributed by atoms with Crippen molar-refractivity contribution in [3.05, 3.63) is 59.2 Å². The van der Waals surface area contributed by atoms with E-state index in [-0.39, 0.29) is 0 Å². The Labute approximate surface area is 120 Å². The number of nitrogens with one attached hydrogen (secondary N) is 1. The Kier molecular flexibility index (Phi) is 4.03. The molecule has 3 rings (SSSR count). The van der Waals surface area contributed by atoms with Crippen LogP contribution < -0.4 is 10.1 Å². The molecule has 0 heterocycles. The maximum Gasteiger partial charge on any atom is 0.131 e. The van der Waals surface area contributed by atoms with Gasteiger partial charge in [-0.3, -0.25) is 0 Å². The summed E-state index contributed by atoms with van der Waals surface area (Å²) in [5.74, 6) is 1.90. The lowest BCUT2D eigenvalue weighted by molar-refractivity contribution is 0.472. The SMILES string of the molecule is CCNCc1ccccc1Oc1ccc2c(c1)CCC2. The lowest BCUT2D eigenvalue weighted by Crippen LogP contribution is -2.12. The van der Waals surface area contributed by atoms with E-state index in [1.54, 1.807) is 0 Å². The summed E-state index contributed by atoms with van der Waals surface area (Å²) in [6, 6.07) is 14.7. The molecule has 0 spiro atoms. The smallest absolute Gasteiger partial charge is 0.131 e. The van der Waals surface area contributed by atoms with E-state index in [0.29, 0.717) is 0 Å².